The molecule has 78 valence electrons. The van der Waals surface area contributed by atoms with Crippen LogP contribution in [0.3, 0.4) is 0 Å². The minimum absolute atomic E-state index is 0.0403. The van der Waals surface area contributed by atoms with Crippen molar-refractivity contribution in [2.45, 2.75) is 0 Å². The number of halogens is 2. The van der Waals surface area contributed by atoms with Crippen LogP contribution in [0.5, 0.6) is 0 Å². The van der Waals surface area contributed by atoms with Crippen LogP contribution in [0.15, 0.2) is 30.5 Å². The van der Waals surface area contributed by atoms with E-state index in [1.54, 1.807) is 12.3 Å². The summed E-state index contributed by atoms with van der Waals surface area (Å²) in [5.41, 5.74) is 7.22. The molecule has 0 unspecified atom stereocenters. The average Bonchev–Trinajstić information content (AvgIpc) is 2.32. The standard InChI is InChI=1S/C11H7BFIN2/c12-7-5-6(8-3-1-2-4-16-8)10(14)11(15)9(7)13/h1-5H,15H2. The molecular weight excluding hydrogens is 317 g/mol. The lowest BCUT2D eigenvalue weighted by molar-refractivity contribution is 0.640. The molecule has 2 aromatic rings. The number of anilines is 1. The van der Waals surface area contributed by atoms with Crippen LogP contribution in [0.4, 0.5) is 10.1 Å². The molecule has 0 saturated carbocycles. The van der Waals surface area contributed by atoms with Gasteiger partial charge in [0.15, 0.2) is 0 Å². The van der Waals surface area contributed by atoms with Gasteiger partial charge in [0.1, 0.15) is 13.7 Å². The molecule has 0 saturated heterocycles. The van der Waals surface area contributed by atoms with E-state index in [0.29, 0.717) is 3.57 Å². The number of benzene rings is 1. The number of nitrogen functional groups attached to an aromatic ring is 1. The lowest BCUT2D eigenvalue weighted by atomic mass is 9.92. The maximum atomic E-state index is 13.4. The fourth-order valence-corrected chi connectivity index (χ4v) is 2.06. The summed E-state index contributed by atoms with van der Waals surface area (Å²) >= 11 is 1.99. The second-order valence-electron chi connectivity index (χ2n) is 3.27. The van der Waals surface area contributed by atoms with Crippen molar-refractivity contribution < 1.29 is 4.39 Å². The molecule has 1 aromatic carbocycles. The summed E-state index contributed by atoms with van der Waals surface area (Å²) in [6.45, 7) is 0. The fourth-order valence-electron chi connectivity index (χ4n) is 1.39. The second kappa shape index (κ2) is 4.41. The molecule has 16 heavy (non-hydrogen) atoms. The van der Waals surface area contributed by atoms with E-state index in [1.807, 2.05) is 40.8 Å². The maximum absolute atomic E-state index is 13.4. The summed E-state index contributed by atoms with van der Waals surface area (Å²) in [6.07, 6.45) is 1.67. The Morgan fingerprint density at radius 1 is 1.38 bits per heavy atom. The molecule has 0 fully saturated rings. The molecule has 0 aliphatic heterocycles. The van der Waals surface area contributed by atoms with Crippen LogP contribution in [0, 0.1) is 9.39 Å². The van der Waals surface area contributed by atoms with Crippen molar-refractivity contribution in [1.82, 2.24) is 4.98 Å². The minimum Gasteiger partial charge on any atom is -0.395 e. The maximum Gasteiger partial charge on any atom is 0.140 e. The van der Waals surface area contributed by atoms with Crippen LogP contribution in [-0.2, 0) is 0 Å². The number of nitrogens with two attached hydrogens (primary N) is 1. The second-order valence-corrected chi connectivity index (χ2v) is 4.35. The van der Waals surface area contributed by atoms with Gasteiger partial charge in [0.05, 0.1) is 11.4 Å². The van der Waals surface area contributed by atoms with Gasteiger partial charge in [0.25, 0.3) is 0 Å². The quantitative estimate of drug-likeness (QED) is 0.494. The van der Waals surface area contributed by atoms with Crippen molar-refractivity contribution in [2.24, 2.45) is 0 Å². The van der Waals surface area contributed by atoms with Crippen molar-refractivity contribution in [3.8, 4) is 11.3 Å². The van der Waals surface area contributed by atoms with E-state index < -0.39 is 5.82 Å². The van der Waals surface area contributed by atoms with E-state index in [4.69, 9.17) is 13.6 Å². The highest BCUT2D eigenvalue weighted by molar-refractivity contribution is 14.1. The molecule has 2 radical (unpaired) electrons. The summed E-state index contributed by atoms with van der Waals surface area (Å²) in [5.74, 6) is -0.566. The molecule has 5 heteroatoms. The van der Waals surface area contributed by atoms with Crippen molar-refractivity contribution >= 4 is 41.6 Å². The van der Waals surface area contributed by atoms with Gasteiger partial charge >= 0.3 is 0 Å². The van der Waals surface area contributed by atoms with Crippen LogP contribution in [-0.4, -0.2) is 12.8 Å². The first-order valence-corrected chi connectivity index (χ1v) is 5.63. The normalized spacial score (nSPS) is 10.4. The van der Waals surface area contributed by atoms with Gasteiger partial charge in [-0.2, -0.15) is 0 Å². The minimum atomic E-state index is -0.566. The molecular formula is C11H7BFIN2. The Morgan fingerprint density at radius 3 is 2.75 bits per heavy atom. The fraction of sp³-hybridized carbons (Fsp3) is 0. The summed E-state index contributed by atoms with van der Waals surface area (Å²) in [7, 11) is 5.54. The average molecular weight is 324 g/mol. The lowest BCUT2D eigenvalue weighted by Crippen LogP contribution is -2.14. The van der Waals surface area contributed by atoms with E-state index >= 15 is 0 Å². The highest BCUT2D eigenvalue weighted by Crippen LogP contribution is 2.28. The van der Waals surface area contributed by atoms with Gasteiger partial charge < -0.3 is 5.73 Å². The lowest BCUT2D eigenvalue weighted by Gasteiger charge is -2.10. The number of pyridine rings is 1. The molecule has 0 bridgehead atoms. The molecule has 0 atom stereocenters. The molecule has 2 N–H and O–H groups in total. The number of rotatable bonds is 1. The Labute approximate surface area is 108 Å². The zero-order valence-corrected chi connectivity index (χ0v) is 10.4. The Kier molecular flexibility index (Phi) is 3.14. The summed E-state index contributed by atoms with van der Waals surface area (Å²) < 4.78 is 14.0. The van der Waals surface area contributed by atoms with Gasteiger partial charge in [0, 0.05) is 15.3 Å². The first-order valence-electron chi connectivity index (χ1n) is 4.55. The topological polar surface area (TPSA) is 38.9 Å². The zero-order valence-electron chi connectivity index (χ0n) is 8.24. The SMILES string of the molecule is [B]c1cc(-c2ccccn2)c(I)c(N)c1F. The smallest absolute Gasteiger partial charge is 0.140 e. The van der Waals surface area contributed by atoms with E-state index in [1.165, 1.54) is 0 Å². The highest BCUT2D eigenvalue weighted by Gasteiger charge is 2.13. The first-order chi connectivity index (χ1) is 7.61. The molecule has 1 heterocycles. The van der Waals surface area contributed by atoms with Crippen molar-refractivity contribution in [3.05, 3.63) is 39.8 Å². The van der Waals surface area contributed by atoms with E-state index in [9.17, 15) is 4.39 Å². The van der Waals surface area contributed by atoms with Gasteiger partial charge in [-0.3, -0.25) is 4.98 Å². The van der Waals surface area contributed by atoms with Crippen LogP contribution in [0.25, 0.3) is 11.3 Å². The third-order valence-electron chi connectivity index (χ3n) is 2.20. The number of hydrogen-bond acceptors (Lipinski definition) is 2. The molecule has 0 amide bonds. The number of aromatic nitrogens is 1. The van der Waals surface area contributed by atoms with Crippen LogP contribution >= 0.6 is 22.6 Å². The number of nitrogens with zero attached hydrogens (tertiary/aromatic N) is 1. The Hall–Kier alpha value is -1.11. The predicted octanol–water partition coefficient (Wildman–Crippen LogP) is 1.87. The van der Waals surface area contributed by atoms with E-state index in [-0.39, 0.29) is 11.2 Å². The largest absolute Gasteiger partial charge is 0.395 e. The number of hydrogen-bond donors (Lipinski definition) is 1. The third-order valence-corrected chi connectivity index (χ3v) is 3.37. The Morgan fingerprint density at radius 2 is 2.12 bits per heavy atom. The van der Waals surface area contributed by atoms with Crippen molar-refractivity contribution in [3.63, 3.8) is 0 Å². The first kappa shape index (κ1) is 11.4. The van der Waals surface area contributed by atoms with E-state index in [2.05, 4.69) is 4.98 Å². The van der Waals surface area contributed by atoms with Gasteiger partial charge in [-0.25, -0.2) is 4.39 Å². The molecule has 1 aromatic heterocycles. The van der Waals surface area contributed by atoms with Gasteiger partial charge in [-0.1, -0.05) is 17.6 Å². The zero-order chi connectivity index (χ0) is 11.7. The van der Waals surface area contributed by atoms with Gasteiger partial charge in [-0.15, -0.1) is 0 Å². The van der Waals surface area contributed by atoms with Crippen molar-refractivity contribution in [1.29, 1.82) is 0 Å². The summed E-state index contributed by atoms with van der Waals surface area (Å²) in [5, 5.41) is 0. The van der Waals surface area contributed by atoms with Crippen molar-refractivity contribution in [2.75, 3.05) is 5.73 Å². The summed E-state index contributed by atoms with van der Waals surface area (Å²) in [4.78, 5) is 4.18. The Balaban J connectivity index is 2.68. The predicted molar refractivity (Wildman–Crippen MR) is 72.1 cm³/mol. The monoisotopic (exact) mass is 324 g/mol. The highest BCUT2D eigenvalue weighted by atomic mass is 127. The van der Waals surface area contributed by atoms with Gasteiger partial charge in [0.2, 0.25) is 0 Å². The third kappa shape index (κ3) is 1.91. The molecule has 0 spiro atoms. The van der Waals surface area contributed by atoms with Gasteiger partial charge in [-0.05, 0) is 34.7 Å². The molecule has 2 rings (SSSR count). The Bertz CT molecular complexity index is 531. The molecule has 2 nitrogen and oxygen atoms in total. The molecule has 0 aliphatic carbocycles. The summed E-state index contributed by atoms with van der Waals surface area (Å²) in [6, 6.07) is 7.05. The van der Waals surface area contributed by atoms with E-state index in [0.717, 1.165) is 11.3 Å². The van der Waals surface area contributed by atoms with Crippen LogP contribution < -0.4 is 11.2 Å². The van der Waals surface area contributed by atoms with Crippen LogP contribution in [0.1, 0.15) is 0 Å². The molecule has 0 aliphatic rings. The van der Waals surface area contributed by atoms with Crippen LogP contribution in [0.2, 0.25) is 0 Å².